The van der Waals surface area contributed by atoms with Gasteiger partial charge in [-0.1, -0.05) is 17.8 Å². The third-order valence-corrected chi connectivity index (χ3v) is 7.98. The van der Waals surface area contributed by atoms with Gasteiger partial charge in [0.05, 0.1) is 31.1 Å². The maximum atomic E-state index is 12.8. The minimum Gasteiger partial charge on any atom is -0.462 e. The highest BCUT2D eigenvalue weighted by Gasteiger charge is 2.27. The molecule has 0 radical (unpaired) electrons. The van der Waals surface area contributed by atoms with E-state index in [9.17, 15) is 19.2 Å². The van der Waals surface area contributed by atoms with Crippen LogP contribution in [-0.4, -0.2) is 57.5 Å². The maximum Gasteiger partial charge on any atom is 0.348 e. The van der Waals surface area contributed by atoms with Crippen LogP contribution in [0.15, 0.2) is 23.4 Å². The van der Waals surface area contributed by atoms with Gasteiger partial charge < -0.3 is 24.7 Å². The molecule has 0 spiro atoms. The fraction of sp³-hybridized carbons (Fsp3) is 0.385. The number of aromatic nitrogens is 3. The van der Waals surface area contributed by atoms with Gasteiger partial charge in [-0.15, -0.1) is 21.5 Å². The van der Waals surface area contributed by atoms with E-state index in [1.54, 1.807) is 38.5 Å². The summed E-state index contributed by atoms with van der Waals surface area (Å²) in [5, 5.41) is 14.5. The largest absolute Gasteiger partial charge is 0.462 e. The summed E-state index contributed by atoms with van der Waals surface area (Å²) in [6.45, 7) is 9.39. The molecule has 0 atom stereocenters. The number of esters is 2. The Morgan fingerprint density at radius 1 is 1.00 bits per heavy atom. The highest BCUT2D eigenvalue weighted by molar-refractivity contribution is 7.99. The van der Waals surface area contributed by atoms with Gasteiger partial charge in [-0.3, -0.25) is 9.59 Å². The summed E-state index contributed by atoms with van der Waals surface area (Å²) in [6.07, 6.45) is 0. The molecule has 0 unspecified atom stereocenters. The van der Waals surface area contributed by atoms with Gasteiger partial charge >= 0.3 is 11.9 Å². The molecule has 2 N–H and O–H groups in total. The molecule has 208 valence electrons. The zero-order valence-corrected chi connectivity index (χ0v) is 24.3. The van der Waals surface area contributed by atoms with E-state index in [2.05, 4.69) is 20.8 Å². The van der Waals surface area contributed by atoms with Gasteiger partial charge in [-0.2, -0.15) is 0 Å². The lowest BCUT2D eigenvalue weighted by atomic mass is 10.1. The molecule has 3 aromatic rings. The number of nitrogens with one attached hydrogen (secondary N) is 2. The summed E-state index contributed by atoms with van der Waals surface area (Å²) in [5.74, 6) is -1.35. The van der Waals surface area contributed by atoms with Crippen LogP contribution >= 0.6 is 23.1 Å². The van der Waals surface area contributed by atoms with Crippen LogP contribution in [0, 0.1) is 20.8 Å². The van der Waals surface area contributed by atoms with Crippen LogP contribution in [0.3, 0.4) is 0 Å². The number of carbonyl (C=O) groups excluding carboxylic acids is 4. The number of thioether (sulfide) groups is 1. The van der Waals surface area contributed by atoms with Gasteiger partial charge in [0.15, 0.2) is 11.0 Å². The standard InChI is InChI=1S/C26H31N5O6S2/c1-7-36-24(34)20-16(5)21(25(35)37-8-2)39-23(20)28-19(32)13-38-26-30-29-18(31(26)6)12-27-22(33)17-10-9-14(3)15(4)11-17/h9-11H,7-8,12-13H2,1-6H3,(H,27,33)(H,28,32). The molecule has 2 heterocycles. The minimum atomic E-state index is -0.634. The number of anilines is 1. The lowest BCUT2D eigenvalue weighted by Gasteiger charge is -2.08. The number of carbonyl (C=O) groups is 4. The molecule has 1 aromatic carbocycles. The van der Waals surface area contributed by atoms with Crippen molar-refractivity contribution in [1.29, 1.82) is 0 Å². The van der Waals surface area contributed by atoms with Gasteiger partial charge in [0.2, 0.25) is 5.91 Å². The first-order chi connectivity index (χ1) is 18.6. The number of aryl methyl sites for hydroxylation is 2. The Labute approximate surface area is 234 Å². The fourth-order valence-corrected chi connectivity index (χ4v) is 5.34. The van der Waals surface area contributed by atoms with Gasteiger partial charge in [0.1, 0.15) is 9.88 Å². The monoisotopic (exact) mass is 573 g/mol. The van der Waals surface area contributed by atoms with Crippen molar-refractivity contribution in [3.63, 3.8) is 0 Å². The molecule has 2 aromatic heterocycles. The molecule has 11 nitrogen and oxygen atoms in total. The smallest absolute Gasteiger partial charge is 0.348 e. The molecule has 0 saturated carbocycles. The maximum absolute atomic E-state index is 12.8. The Kier molecular flexibility index (Phi) is 10.2. The fourth-order valence-electron chi connectivity index (χ4n) is 3.50. The minimum absolute atomic E-state index is 0.0328. The van der Waals surface area contributed by atoms with Crippen molar-refractivity contribution in [1.82, 2.24) is 20.1 Å². The summed E-state index contributed by atoms with van der Waals surface area (Å²) in [6, 6.07) is 5.50. The van der Waals surface area contributed by atoms with Gasteiger partial charge in [0.25, 0.3) is 5.91 Å². The van der Waals surface area contributed by atoms with E-state index >= 15 is 0 Å². The number of thiophene rings is 1. The Morgan fingerprint density at radius 3 is 2.36 bits per heavy atom. The van der Waals surface area contributed by atoms with Crippen LogP contribution in [0.4, 0.5) is 5.00 Å². The zero-order valence-electron chi connectivity index (χ0n) is 22.7. The first kappa shape index (κ1) is 29.8. The first-order valence-electron chi connectivity index (χ1n) is 12.2. The number of benzene rings is 1. The average Bonchev–Trinajstić information content (AvgIpc) is 3.41. The zero-order chi connectivity index (χ0) is 28.7. The van der Waals surface area contributed by atoms with E-state index in [1.165, 1.54) is 0 Å². The highest BCUT2D eigenvalue weighted by atomic mass is 32.2. The summed E-state index contributed by atoms with van der Waals surface area (Å²) >= 11 is 2.11. The van der Waals surface area contributed by atoms with Crippen molar-refractivity contribution in [3.05, 3.63) is 56.7 Å². The molecule has 0 aliphatic rings. The van der Waals surface area contributed by atoms with Gasteiger partial charge in [0, 0.05) is 12.6 Å². The SMILES string of the molecule is CCOC(=O)c1sc(NC(=O)CSc2nnc(CNC(=O)c3ccc(C)c(C)c3)n2C)c(C(=O)OCC)c1C. The summed E-state index contributed by atoms with van der Waals surface area (Å²) < 4.78 is 11.9. The van der Waals surface area contributed by atoms with Crippen molar-refractivity contribution in [3.8, 4) is 0 Å². The number of hydrogen-bond donors (Lipinski definition) is 2. The van der Waals surface area contributed by atoms with E-state index in [-0.39, 0.29) is 46.9 Å². The topological polar surface area (TPSA) is 142 Å². The molecule has 3 rings (SSSR count). The van der Waals surface area contributed by atoms with Crippen LogP contribution in [0.25, 0.3) is 0 Å². The number of rotatable bonds is 11. The van der Waals surface area contributed by atoms with Crippen molar-refractivity contribution in [2.75, 3.05) is 24.3 Å². The van der Waals surface area contributed by atoms with Crippen molar-refractivity contribution < 1.29 is 28.7 Å². The van der Waals surface area contributed by atoms with E-state index in [1.807, 2.05) is 26.0 Å². The van der Waals surface area contributed by atoms with Crippen molar-refractivity contribution in [2.45, 2.75) is 46.3 Å². The number of nitrogens with zero attached hydrogens (tertiary/aromatic N) is 3. The number of ether oxygens (including phenoxy) is 2. The number of hydrogen-bond acceptors (Lipinski definition) is 10. The van der Waals surface area contributed by atoms with Crippen LogP contribution in [0.2, 0.25) is 0 Å². The quantitative estimate of drug-likeness (QED) is 0.259. The third-order valence-electron chi connectivity index (χ3n) is 5.77. The second-order valence-corrected chi connectivity index (χ2v) is 10.4. The highest BCUT2D eigenvalue weighted by Crippen LogP contribution is 2.34. The molecule has 0 saturated heterocycles. The van der Waals surface area contributed by atoms with Gasteiger partial charge in [-0.05, 0) is 63.4 Å². The van der Waals surface area contributed by atoms with Crippen LogP contribution in [0.5, 0.6) is 0 Å². The Balaban J connectivity index is 1.64. The normalized spacial score (nSPS) is 10.7. The molecular formula is C26H31N5O6S2. The lowest BCUT2D eigenvalue weighted by molar-refractivity contribution is -0.113. The lowest BCUT2D eigenvalue weighted by Crippen LogP contribution is -2.24. The average molecular weight is 574 g/mol. The summed E-state index contributed by atoms with van der Waals surface area (Å²) in [5.41, 5.74) is 3.21. The summed E-state index contributed by atoms with van der Waals surface area (Å²) in [4.78, 5) is 50.4. The molecule has 2 amide bonds. The van der Waals surface area contributed by atoms with Crippen molar-refractivity contribution in [2.24, 2.45) is 7.05 Å². The van der Waals surface area contributed by atoms with Crippen LogP contribution in [-0.2, 0) is 27.9 Å². The van der Waals surface area contributed by atoms with Gasteiger partial charge in [-0.25, -0.2) is 9.59 Å². The first-order valence-corrected chi connectivity index (χ1v) is 14.0. The van der Waals surface area contributed by atoms with E-state index in [0.29, 0.717) is 22.1 Å². The summed E-state index contributed by atoms with van der Waals surface area (Å²) in [7, 11) is 1.74. The third kappa shape index (κ3) is 7.24. The Hall–Kier alpha value is -3.71. The molecule has 13 heteroatoms. The Morgan fingerprint density at radius 2 is 1.69 bits per heavy atom. The second kappa shape index (κ2) is 13.4. The predicted molar refractivity (Wildman–Crippen MR) is 148 cm³/mol. The Bertz CT molecular complexity index is 1400. The molecule has 0 aliphatic heterocycles. The predicted octanol–water partition coefficient (Wildman–Crippen LogP) is 3.82. The van der Waals surface area contributed by atoms with Crippen LogP contribution in [0.1, 0.15) is 66.7 Å². The molecule has 39 heavy (non-hydrogen) atoms. The second-order valence-electron chi connectivity index (χ2n) is 8.48. The number of amides is 2. The molecule has 0 aliphatic carbocycles. The molecule has 0 bridgehead atoms. The van der Waals surface area contributed by atoms with E-state index in [4.69, 9.17) is 9.47 Å². The van der Waals surface area contributed by atoms with E-state index < -0.39 is 17.8 Å². The van der Waals surface area contributed by atoms with E-state index in [0.717, 1.165) is 34.2 Å². The molecular weight excluding hydrogens is 542 g/mol. The van der Waals surface area contributed by atoms with Crippen LogP contribution < -0.4 is 10.6 Å². The van der Waals surface area contributed by atoms with Crippen molar-refractivity contribution >= 4 is 51.9 Å². The molecule has 0 fully saturated rings.